The maximum atomic E-state index is 14.2. The van der Waals surface area contributed by atoms with Gasteiger partial charge in [0.15, 0.2) is 0 Å². The van der Waals surface area contributed by atoms with E-state index in [1.54, 1.807) is 18.2 Å². The van der Waals surface area contributed by atoms with Crippen LogP contribution in [0.5, 0.6) is 0 Å². The summed E-state index contributed by atoms with van der Waals surface area (Å²) >= 11 is 3.31. The number of anilines is 1. The lowest BCUT2D eigenvalue weighted by molar-refractivity contribution is 0.102. The van der Waals surface area contributed by atoms with E-state index in [1.165, 1.54) is 10.4 Å². The molecule has 1 N–H and O–H groups in total. The molecule has 1 saturated heterocycles. The number of nitrogens with zero attached hydrogens (tertiary/aromatic N) is 1. The zero-order valence-corrected chi connectivity index (χ0v) is 16.3. The molecule has 1 aliphatic heterocycles. The molecule has 0 spiro atoms. The Bertz CT molecular complexity index is 928. The molecule has 5 nitrogen and oxygen atoms in total. The highest BCUT2D eigenvalue weighted by Gasteiger charge is 2.29. The molecule has 1 aliphatic rings. The minimum absolute atomic E-state index is 0.0851. The van der Waals surface area contributed by atoms with E-state index in [0.717, 1.165) is 35.9 Å². The molecule has 0 saturated carbocycles. The Morgan fingerprint density at radius 3 is 2.50 bits per heavy atom. The lowest BCUT2D eigenvalue weighted by atomic mass is 10.2. The van der Waals surface area contributed by atoms with Gasteiger partial charge in [-0.3, -0.25) is 4.79 Å². The van der Waals surface area contributed by atoms with Gasteiger partial charge in [-0.1, -0.05) is 28.4 Å². The van der Waals surface area contributed by atoms with Gasteiger partial charge in [-0.2, -0.15) is 4.31 Å². The number of piperidine rings is 1. The third kappa shape index (κ3) is 4.13. The van der Waals surface area contributed by atoms with Crippen LogP contribution in [0.2, 0.25) is 0 Å². The number of nitrogens with one attached hydrogen (secondary N) is 1. The van der Waals surface area contributed by atoms with Crippen LogP contribution in [0.15, 0.2) is 51.8 Å². The van der Waals surface area contributed by atoms with Gasteiger partial charge in [-0.05, 0) is 49.2 Å². The van der Waals surface area contributed by atoms with Crippen molar-refractivity contribution in [3.8, 4) is 0 Å². The average Bonchev–Trinajstić information content (AvgIpc) is 2.62. The molecule has 3 rings (SSSR count). The fourth-order valence-electron chi connectivity index (χ4n) is 2.86. The van der Waals surface area contributed by atoms with Crippen LogP contribution in [0.1, 0.15) is 29.6 Å². The minimum Gasteiger partial charge on any atom is -0.322 e. The molecule has 138 valence electrons. The third-order valence-electron chi connectivity index (χ3n) is 4.21. The molecule has 8 heteroatoms. The summed E-state index contributed by atoms with van der Waals surface area (Å²) < 4.78 is 41.8. The SMILES string of the molecule is O=C(Nc1cccc(Br)c1)c1ccc(F)c(S(=O)(=O)N2CCCCC2)c1. The van der Waals surface area contributed by atoms with Crippen LogP contribution in [0, 0.1) is 5.82 Å². The zero-order chi connectivity index (χ0) is 18.7. The van der Waals surface area contributed by atoms with E-state index in [0.29, 0.717) is 18.8 Å². The predicted molar refractivity (Wildman–Crippen MR) is 101 cm³/mol. The van der Waals surface area contributed by atoms with E-state index < -0.39 is 26.6 Å². The second-order valence-corrected chi connectivity index (χ2v) is 8.90. The standard InChI is InChI=1S/C18H18BrFN2O3S/c19-14-5-4-6-15(12-14)21-18(23)13-7-8-16(20)17(11-13)26(24,25)22-9-2-1-3-10-22/h4-8,11-12H,1-3,9-10H2,(H,21,23). The van der Waals surface area contributed by atoms with Gasteiger partial charge >= 0.3 is 0 Å². The van der Waals surface area contributed by atoms with Gasteiger partial charge in [-0.25, -0.2) is 12.8 Å². The van der Waals surface area contributed by atoms with Crippen LogP contribution in [0.4, 0.5) is 10.1 Å². The van der Waals surface area contributed by atoms with Gasteiger partial charge in [0.2, 0.25) is 10.0 Å². The van der Waals surface area contributed by atoms with Crippen LogP contribution in [0.25, 0.3) is 0 Å². The highest BCUT2D eigenvalue weighted by molar-refractivity contribution is 9.10. The van der Waals surface area contributed by atoms with Crippen molar-refractivity contribution in [3.05, 3.63) is 58.3 Å². The predicted octanol–water partition coefficient (Wildman–Crippen LogP) is 4.02. The van der Waals surface area contributed by atoms with Gasteiger partial charge in [0.05, 0.1) is 0 Å². The number of carbonyl (C=O) groups excluding carboxylic acids is 1. The monoisotopic (exact) mass is 440 g/mol. The van der Waals surface area contributed by atoms with Crippen LogP contribution >= 0.6 is 15.9 Å². The van der Waals surface area contributed by atoms with E-state index in [2.05, 4.69) is 21.2 Å². The molecule has 0 aromatic heterocycles. The molecule has 1 fully saturated rings. The summed E-state index contributed by atoms with van der Waals surface area (Å²) in [5.74, 6) is -1.35. The van der Waals surface area contributed by atoms with E-state index in [9.17, 15) is 17.6 Å². The fraction of sp³-hybridized carbons (Fsp3) is 0.278. The van der Waals surface area contributed by atoms with Crippen LogP contribution in [0.3, 0.4) is 0 Å². The number of carbonyl (C=O) groups is 1. The largest absolute Gasteiger partial charge is 0.322 e. The Hall–Kier alpha value is -1.77. The lowest BCUT2D eigenvalue weighted by Crippen LogP contribution is -2.36. The summed E-state index contributed by atoms with van der Waals surface area (Å²) in [6, 6.07) is 10.4. The third-order valence-corrected chi connectivity index (χ3v) is 6.62. The summed E-state index contributed by atoms with van der Waals surface area (Å²) in [5.41, 5.74) is 0.635. The second kappa shape index (κ2) is 7.85. The first-order valence-corrected chi connectivity index (χ1v) is 10.5. The highest BCUT2D eigenvalue weighted by atomic mass is 79.9. The maximum absolute atomic E-state index is 14.2. The Morgan fingerprint density at radius 2 is 1.81 bits per heavy atom. The Balaban J connectivity index is 1.88. The van der Waals surface area contributed by atoms with E-state index >= 15 is 0 Å². The van der Waals surface area contributed by atoms with Crippen molar-refractivity contribution in [2.75, 3.05) is 18.4 Å². The zero-order valence-electron chi connectivity index (χ0n) is 13.9. The number of hydrogen-bond donors (Lipinski definition) is 1. The Morgan fingerprint density at radius 1 is 1.08 bits per heavy atom. The number of rotatable bonds is 4. The first-order chi connectivity index (χ1) is 12.4. The van der Waals surface area contributed by atoms with Crippen molar-refractivity contribution in [1.29, 1.82) is 0 Å². The normalized spacial score (nSPS) is 15.6. The van der Waals surface area contributed by atoms with Crippen molar-refractivity contribution in [2.24, 2.45) is 0 Å². The van der Waals surface area contributed by atoms with E-state index in [1.807, 2.05) is 6.07 Å². The molecule has 0 atom stereocenters. The van der Waals surface area contributed by atoms with Crippen molar-refractivity contribution in [2.45, 2.75) is 24.2 Å². The molecule has 0 radical (unpaired) electrons. The van der Waals surface area contributed by atoms with Crippen molar-refractivity contribution < 1.29 is 17.6 Å². The smallest absolute Gasteiger partial charge is 0.255 e. The highest BCUT2D eigenvalue weighted by Crippen LogP contribution is 2.24. The number of hydrogen-bond acceptors (Lipinski definition) is 3. The molecule has 2 aromatic rings. The number of sulfonamides is 1. The maximum Gasteiger partial charge on any atom is 0.255 e. The summed E-state index contributed by atoms with van der Waals surface area (Å²) in [6.45, 7) is 0.743. The molecule has 0 aliphatic carbocycles. The van der Waals surface area contributed by atoms with Crippen molar-refractivity contribution >= 4 is 37.5 Å². The quantitative estimate of drug-likeness (QED) is 0.780. The lowest BCUT2D eigenvalue weighted by Gasteiger charge is -2.26. The minimum atomic E-state index is -3.96. The van der Waals surface area contributed by atoms with Gasteiger partial charge < -0.3 is 5.32 Å². The molecular formula is C18H18BrFN2O3S. The number of halogens is 2. The first-order valence-electron chi connectivity index (χ1n) is 8.24. The summed E-state index contributed by atoms with van der Waals surface area (Å²) in [4.78, 5) is 12.0. The van der Waals surface area contributed by atoms with E-state index in [-0.39, 0.29) is 5.56 Å². The average molecular weight is 441 g/mol. The van der Waals surface area contributed by atoms with Gasteiger partial charge in [-0.15, -0.1) is 0 Å². The second-order valence-electron chi connectivity index (χ2n) is 6.07. The van der Waals surface area contributed by atoms with Crippen LogP contribution in [-0.4, -0.2) is 31.7 Å². The van der Waals surface area contributed by atoms with Gasteiger partial charge in [0.1, 0.15) is 10.7 Å². The topological polar surface area (TPSA) is 66.5 Å². The molecular weight excluding hydrogens is 423 g/mol. The Kier molecular flexibility index (Phi) is 5.74. The van der Waals surface area contributed by atoms with E-state index in [4.69, 9.17) is 0 Å². The molecule has 1 heterocycles. The molecule has 0 unspecified atom stereocenters. The first kappa shape index (κ1) is 19.0. The molecule has 0 bridgehead atoms. The summed E-state index contributed by atoms with van der Waals surface area (Å²) in [6.07, 6.45) is 2.47. The van der Waals surface area contributed by atoms with Crippen molar-refractivity contribution in [1.82, 2.24) is 4.31 Å². The Labute approximate surface area is 160 Å². The molecule has 2 aromatic carbocycles. The van der Waals surface area contributed by atoms with Crippen molar-refractivity contribution in [3.63, 3.8) is 0 Å². The van der Waals surface area contributed by atoms with Crippen LogP contribution < -0.4 is 5.32 Å². The number of benzene rings is 2. The summed E-state index contributed by atoms with van der Waals surface area (Å²) in [5, 5.41) is 2.68. The fourth-order valence-corrected chi connectivity index (χ4v) is 4.86. The van der Waals surface area contributed by atoms with Gasteiger partial charge in [0, 0.05) is 28.8 Å². The number of amides is 1. The molecule has 1 amide bonds. The van der Waals surface area contributed by atoms with Gasteiger partial charge in [0.25, 0.3) is 5.91 Å². The van der Waals surface area contributed by atoms with Crippen LogP contribution in [-0.2, 0) is 10.0 Å². The molecule has 26 heavy (non-hydrogen) atoms. The summed E-state index contributed by atoms with van der Waals surface area (Å²) in [7, 11) is -3.96.